The third-order valence-corrected chi connectivity index (χ3v) is 3.77. The van der Waals surface area contributed by atoms with Gasteiger partial charge in [-0.3, -0.25) is 4.79 Å². The summed E-state index contributed by atoms with van der Waals surface area (Å²) in [7, 11) is 0. The van der Waals surface area contributed by atoms with Gasteiger partial charge in [-0.2, -0.15) is 0 Å². The number of para-hydroxylation sites is 1. The Morgan fingerprint density at radius 3 is 2.40 bits per heavy atom. The first-order valence-electron chi connectivity index (χ1n) is 7.10. The Bertz CT molecular complexity index is 645. The maximum atomic E-state index is 12.5. The predicted molar refractivity (Wildman–Crippen MR) is 80.9 cm³/mol. The molecule has 0 aliphatic carbocycles. The third-order valence-electron chi connectivity index (χ3n) is 3.77. The molecule has 0 bridgehead atoms. The predicted octanol–water partition coefficient (Wildman–Crippen LogP) is 4.26. The number of nitrogens with zero attached hydrogens (tertiary/aromatic N) is 1. The van der Waals surface area contributed by atoms with Gasteiger partial charge in [0.05, 0.1) is 11.6 Å². The van der Waals surface area contributed by atoms with Gasteiger partial charge in [0.25, 0.3) is 5.91 Å². The molecule has 1 heterocycles. The minimum absolute atomic E-state index is 0.0175. The Balaban J connectivity index is 2.19. The van der Waals surface area contributed by atoms with Crippen molar-refractivity contribution in [1.29, 1.82) is 0 Å². The van der Waals surface area contributed by atoms with Crippen LogP contribution in [0, 0.1) is 5.92 Å². The fourth-order valence-corrected chi connectivity index (χ4v) is 2.87. The van der Waals surface area contributed by atoms with Gasteiger partial charge in [0.2, 0.25) is 0 Å². The number of benzene rings is 2. The van der Waals surface area contributed by atoms with E-state index in [1.165, 1.54) is 0 Å². The molecule has 1 atom stereocenters. The highest BCUT2D eigenvalue weighted by molar-refractivity contribution is 5.96. The maximum Gasteiger partial charge on any atom is 0.253 e. The van der Waals surface area contributed by atoms with E-state index in [4.69, 9.17) is 0 Å². The van der Waals surface area contributed by atoms with Crippen molar-refractivity contribution >= 4 is 11.6 Å². The Morgan fingerprint density at radius 1 is 1.00 bits per heavy atom. The zero-order valence-corrected chi connectivity index (χ0v) is 11.8. The Morgan fingerprint density at radius 2 is 1.65 bits per heavy atom. The number of amides is 1. The van der Waals surface area contributed by atoms with Crippen LogP contribution in [0.3, 0.4) is 0 Å². The zero-order chi connectivity index (χ0) is 14.1. The maximum absolute atomic E-state index is 12.5. The first-order valence-corrected chi connectivity index (χ1v) is 7.10. The van der Waals surface area contributed by atoms with E-state index in [1.807, 2.05) is 36.4 Å². The van der Waals surface area contributed by atoms with Crippen LogP contribution in [0.1, 0.15) is 31.7 Å². The van der Waals surface area contributed by atoms with Gasteiger partial charge in [-0.1, -0.05) is 56.3 Å². The van der Waals surface area contributed by atoms with Crippen LogP contribution in [-0.4, -0.2) is 5.91 Å². The molecule has 1 aliphatic rings. The lowest BCUT2D eigenvalue weighted by molar-refractivity contribution is -0.122. The third kappa shape index (κ3) is 2.22. The Labute approximate surface area is 119 Å². The monoisotopic (exact) mass is 264 g/mol. The minimum atomic E-state index is -0.126. The van der Waals surface area contributed by atoms with Crippen molar-refractivity contribution in [2.45, 2.75) is 26.2 Å². The van der Waals surface area contributed by atoms with E-state index >= 15 is 0 Å². The van der Waals surface area contributed by atoms with Crippen LogP contribution in [0.15, 0.2) is 48.5 Å². The Hall–Kier alpha value is -2.09. The summed E-state index contributed by atoms with van der Waals surface area (Å²) < 4.78 is 0. The van der Waals surface area contributed by atoms with Gasteiger partial charge in [0.1, 0.15) is 0 Å². The van der Waals surface area contributed by atoms with Crippen molar-refractivity contribution in [1.82, 2.24) is 5.32 Å². The van der Waals surface area contributed by atoms with E-state index in [2.05, 4.69) is 31.3 Å². The molecule has 1 radical (unpaired) electrons. The molecule has 2 heteroatoms. The molecule has 0 aromatic heterocycles. The average Bonchev–Trinajstić information content (AvgIpc) is 2.55. The quantitative estimate of drug-likeness (QED) is 0.797. The summed E-state index contributed by atoms with van der Waals surface area (Å²) in [4.78, 5) is 12.5. The summed E-state index contributed by atoms with van der Waals surface area (Å²) in [5.41, 5.74) is 4.10. The van der Waals surface area contributed by atoms with Crippen molar-refractivity contribution in [3.63, 3.8) is 0 Å². The van der Waals surface area contributed by atoms with Gasteiger partial charge in [-0.15, -0.1) is 0 Å². The minimum Gasteiger partial charge on any atom is -0.272 e. The van der Waals surface area contributed by atoms with E-state index in [0.717, 1.165) is 28.8 Å². The fraction of sp³-hybridized carbons (Fsp3) is 0.278. The highest BCUT2D eigenvalue weighted by atomic mass is 16.1. The molecule has 3 rings (SSSR count). The van der Waals surface area contributed by atoms with Gasteiger partial charge in [0.15, 0.2) is 0 Å². The largest absolute Gasteiger partial charge is 0.272 e. The smallest absolute Gasteiger partial charge is 0.253 e. The van der Waals surface area contributed by atoms with Crippen molar-refractivity contribution in [2.75, 3.05) is 0 Å². The molecule has 101 valence electrons. The molecule has 1 aliphatic heterocycles. The second kappa shape index (κ2) is 5.12. The van der Waals surface area contributed by atoms with E-state index in [0.29, 0.717) is 5.92 Å². The molecule has 1 unspecified atom stereocenters. The topological polar surface area (TPSA) is 31.2 Å². The van der Waals surface area contributed by atoms with E-state index in [1.54, 1.807) is 0 Å². The van der Waals surface area contributed by atoms with Crippen LogP contribution in [-0.2, 0) is 4.79 Å². The summed E-state index contributed by atoms with van der Waals surface area (Å²) in [5, 5.41) is 4.35. The van der Waals surface area contributed by atoms with E-state index in [9.17, 15) is 4.79 Å². The second-order valence-corrected chi connectivity index (χ2v) is 5.74. The van der Waals surface area contributed by atoms with E-state index < -0.39 is 0 Å². The number of carbonyl (C=O) groups is 1. The van der Waals surface area contributed by atoms with E-state index in [-0.39, 0.29) is 11.8 Å². The van der Waals surface area contributed by atoms with Crippen molar-refractivity contribution in [3.8, 4) is 11.1 Å². The van der Waals surface area contributed by atoms with Gasteiger partial charge >= 0.3 is 0 Å². The number of carbonyl (C=O) groups excluding carboxylic acids is 1. The second-order valence-electron chi connectivity index (χ2n) is 5.74. The van der Waals surface area contributed by atoms with Crippen LogP contribution in [0.4, 0.5) is 5.69 Å². The first kappa shape index (κ1) is 12.9. The molecular weight excluding hydrogens is 246 g/mol. The molecule has 0 saturated heterocycles. The highest BCUT2D eigenvalue weighted by Crippen LogP contribution is 2.40. The summed E-state index contributed by atoms with van der Waals surface area (Å²) in [6.45, 7) is 4.29. The van der Waals surface area contributed by atoms with Crippen LogP contribution >= 0.6 is 0 Å². The van der Waals surface area contributed by atoms with Crippen molar-refractivity contribution < 1.29 is 4.79 Å². The van der Waals surface area contributed by atoms with Crippen LogP contribution in [0.5, 0.6) is 0 Å². The normalized spacial score (nSPS) is 17.1. The molecule has 2 aromatic carbocycles. The number of hydrogen-bond acceptors (Lipinski definition) is 1. The summed E-state index contributed by atoms with van der Waals surface area (Å²) >= 11 is 0. The van der Waals surface area contributed by atoms with Crippen LogP contribution < -0.4 is 5.32 Å². The summed E-state index contributed by atoms with van der Waals surface area (Å²) in [5.74, 6) is 0.322. The summed E-state index contributed by atoms with van der Waals surface area (Å²) in [6.07, 6.45) is 0.841. The fourth-order valence-electron chi connectivity index (χ4n) is 2.87. The zero-order valence-electron chi connectivity index (χ0n) is 11.8. The first-order chi connectivity index (χ1) is 9.66. The Kier molecular flexibility index (Phi) is 3.31. The standard InChI is InChI=1S/C18H18NO/c1-12(2)11-16-14-8-4-3-7-13(14)15-9-5-6-10-17(15)19-18(16)20/h3-10,12,16H,11H2,1-2H3. The summed E-state index contributed by atoms with van der Waals surface area (Å²) in [6, 6.07) is 16.1. The van der Waals surface area contributed by atoms with Gasteiger partial charge in [0, 0.05) is 5.56 Å². The number of hydrogen-bond donors (Lipinski definition) is 0. The highest BCUT2D eigenvalue weighted by Gasteiger charge is 2.29. The lowest BCUT2D eigenvalue weighted by Crippen LogP contribution is -2.20. The number of fused-ring (bicyclic) bond motifs is 3. The van der Waals surface area contributed by atoms with Gasteiger partial charge in [-0.05, 0) is 29.5 Å². The molecular formula is C18H18NO. The average molecular weight is 264 g/mol. The lowest BCUT2D eigenvalue weighted by atomic mass is 9.86. The van der Waals surface area contributed by atoms with Crippen molar-refractivity contribution in [2.24, 2.45) is 5.92 Å². The molecule has 1 amide bonds. The van der Waals surface area contributed by atoms with Gasteiger partial charge < -0.3 is 0 Å². The van der Waals surface area contributed by atoms with Gasteiger partial charge in [-0.25, -0.2) is 5.32 Å². The SMILES string of the molecule is CC(C)CC1C(=O)[N]c2ccccc2-c2ccccc21. The molecule has 2 nitrogen and oxygen atoms in total. The van der Waals surface area contributed by atoms with Crippen LogP contribution in [0.25, 0.3) is 11.1 Å². The lowest BCUT2D eigenvalue weighted by Gasteiger charge is -2.17. The molecule has 0 N–H and O–H groups in total. The molecule has 2 aromatic rings. The molecule has 0 saturated carbocycles. The molecule has 0 fully saturated rings. The van der Waals surface area contributed by atoms with Crippen molar-refractivity contribution in [3.05, 3.63) is 54.1 Å². The molecule has 0 spiro atoms. The molecule has 20 heavy (non-hydrogen) atoms. The van der Waals surface area contributed by atoms with Crippen LogP contribution in [0.2, 0.25) is 0 Å². The number of rotatable bonds is 2.